The molecule has 51 heavy (non-hydrogen) atoms. The van der Waals surface area contributed by atoms with Gasteiger partial charge in [0.15, 0.2) is 11.6 Å². The molecule has 5 heteroatoms. The Balaban J connectivity index is 1.11. The summed E-state index contributed by atoms with van der Waals surface area (Å²) < 4.78 is 2.31. The zero-order valence-corrected chi connectivity index (χ0v) is 28.2. The predicted octanol–water partition coefficient (Wildman–Crippen LogP) is 12.3. The molecule has 0 aliphatic carbocycles. The SMILES string of the molecule is c1ccc(-c2nc(-c3cccc(-c4cccc(-c5nc(-c6ccccc6)c6sc7ccccc7c6n5)c4)c3)nc3c2ccc2ccccc23)cc1. The summed E-state index contributed by atoms with van der Waals surface area (Å²) in [6.07, 6.45) is 0. The first-order valence-corrected chi connectivity index (χ1v) is 17.8. The molecule has 4 nitrogen and oxygen atoms in total. The maximum atomic E-state index is 5.22. The highest BCUT2D eigenvalue weighted by Crippen LogP contribution is 2.40. The van der Waals surface area contributed by atoms with Crippen molar-refractivity contribution in [2.75, 3.05) is 0 Å². The fourth-order valence-corrected chi connectivity index (χ4v) is 8.15. The first-order valence-electron chi connectivity index (χ1n) is 17.0. The first kappa shape index (κ1) is 29.4. The third kappa shape index (κ3) is 5.14. The largest absolute Gasteiger partial charge is 0.227 e. The van der Waals surface area contributed by atoms with Crippen LogP contribution < -0.4 is 0 Å². The van der Waals surface area contributed by atoms with E-state index in [0.717, 1.165) is 82.0 Å². The summed E-state index contributed by atoms with van der Waals surface area (Å²) in [7, 11) is 0. The van der Waals surface area contributed by atoms with Crippen LogP contribution in [0.15, 0.2) is 170 Å². The van der Waals surface area contributed by atoms with Crippen LogP contribution in [0.1, 0.15) is 0 Å². The normalized spacial score (nSPS) is 11.5. The molecule has 3 aromatic heterocycles. The standard InChI is InChI=1S/C46H28N4S/c1-3-14-30(15-4-1)40-38-26-25-29-13-7-8-22-36(29)42(38)49-45(47-40)34-20-11-18-32(27-34)33-19-12-21-35(28-33)46-48-41(31-16-5-2-6-17-31)44-43(50-46)37-23-9-10-24-39(37)51-44/h1-28H. The number of fused-ring (bicyclic) bond motifs is 6. The van der Waals surface area contributed by atoms with Gasteiger partial charge >= 0.3 is 0 Å². The van der Waals surface area contributed by atoms with Crippen molar-refractivity contribution in [3.63, 3.8) is 0 Å². The highest BCUT2D eigenvalue weighted by Gasteiger charge is 2.18. The lowest BCUT2D eigenvalue weighted by molar-refractivity contribution is 1.23. The van der Waals surface area contributed by atoms with Gasteiger partial charge in [0.25, 0.3) is 0 Å². The smallest absolute Gasteiger partial charge is 0.160 e. The number of hydrogen-bond acceptors (Lipinski definition) is 5. The number of thiophene rings is 1. The molecule has 0 N–H and O–H groups in total. The monoisotopic (exact) mass is 668 g/mol. The molecule has 7 aromatic carbocycles. The summed E-state index contributed by atoms with van der Waals surface area (Å²) in [5, 5.41) is 4.47. The Hall–Kier alpha value is -6.56. The minimum absolute atomic E-state index is 0.696. The Morgan fingerprint density at radius 1 is 0.333 bits per heavy atom. The number of rotatable bonds is 5. The second kappa shape index (κ2) is 12.1. The summed E-state index contributed by atoms with van der Waals surface area (Å²) in [5.41, 5.74) is 10.0. The van der Waals surface area contributed by atoms with Crippen molar-refractivity contribution >= 4 is 53.3 Å². The van der Waals surface area contributed by atoms with Crippen LogP contribution in [0.4, 0.5) is 0 Å². The fourth-order valence-electron chi connectivity index (χ4n) is 7.00. The molecule has 10 aromatic rings. The molecule has 3 heterocycles. The van der Waals surface area contributed by atoms with Crippen LogP contribution in [0.3, 0.4) is 0 Å². The molecule has 0 amide bonds. The highest BCUT2D eigenvalue weighted by atomic mass is 32.1. The van der Waals surface area contributed by atoms with Crippen molar-refractivity contribution < 1.29 is 0 Å². The van der Waals surface area contributed by atoms with E-state index in [1.807, 2.05) is 12.1 Å². The molecular weight excluding hydrogens is 641 g/mol. The molecule has 0 unspecified atom stereocenters. The zero-order valence-electron chi connectivity index (χ0n) is 27.4. The molecule has 0 fully saturated rings. The van der Waals surface area contributed by atoms with E-state index in [2.05, 4.69) is 158 Å². The Morgan fingerprint density at radius 2 is 0.863 bits per heavy atom. The van der Waals surface area contributed by atoms with E-state index in [9.17, 15) is 0 Å². The van der Waals surface area contributed by atoms with Gasteiger partial charge in [0.2, 0.25) is 0 Å². The highest BCUT2D eigenvalue weighted by molar-refractivity contribution is 7.26. The minimum Gasteiger partial charge on any atom is -0.227 e. The third-order valence-electron chi connectivity index (χ3n) is 9.48. The van der Waals surface area contributed by atoms with E-state index in [1.54, 1.807) is 11.3 Å². The topological polar surface area (TPSA) is 51.6 Å². The van der Waals surface area contributed by atoms with Crippen molar-refractivity contribution in [3.05, 3.63) is 170 Å². The maximum absolute atomic E-state index is 5.22. The number of benzene rings is 7. The van der Waals surface area contributed by atoms with Crippen LogP contribution in [0.25, 0.3) is 98.4 Å². The molecule has 0 bridgehead atoms. The third-order valence-corrected chi connectivity index (χ3v) is 10.6. The van der Waals surface area contributed by atoms with E-state index < -0.39 is 0 Å². The molecule has 10 rings (SSSR count). The van der Waals surface area contributed by atoms with Crippen LogP contribution in [0, 0.1) is 0 Å². The summed E-state index contributed by atoms with van der Waals surface area (Å²) in [5.74, 6) is 1.40. The molecular formula is C46H28N4S. The van der Waals surface area contributed by atoms with Crippen molar-refractivity contribution in [1.29, 1.82) is 0 Å². The van der Waals surface area contributed by atoms with E-state index in [1.165, 1.54) is 4.70 Å². The average molecular weight is 669 g/mol. The van der Waals surface area contributed by atoms with Crippen molar-refractivity contribution in [1.82, 2.24) is 19.9 Å². The lowest BCUT2D eigenvalue weighted by Crippen LogP contribution is -1.96. The Bertz CT molecular complexity index is 2920. The van der Waals surface area contributed by atoms with Gasteiger partial charge in [-0.05, 0) is 40.8 Å². The zero-order chi connectivity index (χ0) is 33.7. The lowest BCUT2D eigenvalue weighted by Gasteiger charge is -2.12. The molecule has 0 aliphatic heterocycles. The molecule has 238 valence electrons. The van der Waals surface area contributed by atoms with Gasteiger partial charge in [0.1, 0.15) is 0 Å². The van der Waals surface area contributed by atoms with Gasteiger partial charge in [0, 0.05) is 43.1 Å². The van der Waals surface area contributed by atoms with Crippen LogP contribution in [-0.4, -0.2) is 19.9 Å². The minimum atomic E-state index is 0.696. The van der Waals surface area contributed by atoms with Crippen molar-refractivity contribution in [2.45, 2.75) is 0 Å². The van der Waals surface area contributed by atoms with Gasteiger partial charge < -0.3 is 0 Å². The van der Waals surface area contributed by atoms with Crippen LogP contribution >= 0.6 is 11.3 Å². The molecule has 0 saturated heterocycles. The second-order valence-electron chi connectivity index (χ2n) is 12.6. The van der Waals surface area contributed by atoms with E-state index in [-0.39, 0.29) is 0 Å². The van der Waals surface area contributed by atoms with Gasteiger partial charge in [-0.2, -0.15) is 0 Å². The summed E-state index contributed by atoms with van der Waals surface area (Å²) in [6, 6.07) is 59.0. The van der Waals surface area contributed by atoms with Gasteiger partial charge in [-0.15, -0.1) is 11.3 Å². The number of hydrogen-bond donors (Lipinski definition) is 0. The van der Waals surface area contributed by atoms with Gasteiger partial charge in [-0.3, -0.25) is 0 Å². The Kier molecular flexibility index (Phi) is 6.96. The summed E-state index contributed by atoms with van der Waals surface area (Å²) in [6.45, 7) is 0. The summed E-state index contributed by atoms with van der Waals surface area (Å²) >= 11 is 1.75. The number of aromatic nitrogens is 4. The number of nitrogens with zero attached hydrogens (tertiary/aromatic N) is 4. The van der Waals surface area contributed by atoms with E-state index >= 15 is 0 Å². The quantitative estimate of drug-likeness (QED) is 0.171. The van der Waals surface area contributed by atoms with Gasteiger partial charge in [-0.25, -0.2) is 19.9 Å². The Morgan fingerprint density at radius 3 is 1.57 bits per heavy atom. The Labute approximate surface area is 298 Å². The van der Waals surface area contributed by atoms with Crippen LogP contribution in [-0.2, 0) is 0 Å². The fraction of sp³-hybridized carbons (Fsp3) is 0. The van der Waals surface area contributed by atoms with E-state index in [0.29, 0.717) is 11.6 Å². The predicted molar refractivity (Wildman–Crippen MR) is 213 cm³/mol. The molecule has 0 atom stereocenters. The first-order chi connectivity index (χ1) is 25.3. The van der Waals surface area contributed by atoms with Gasteiger partial charge in [-0.1, -0.05) is 146 Å². The van der Waals surface area contributed by atoms with Crippen molar-refractivity contribution in [3.8, 4) is 56.4 Å². The molecule has 0 spiro atoms. The van der Waals surface area contributed by atoms with E-state index in [4.69, 9.17) is 19.9 Å². The molecule has 0 aliphatic rings. The van der Waals surface area contributed by atoms with Crippen LogP contribution in [0.5, 0.6) is 0 Å². The molecule has 0 saturated carbocycles. The lowest BCUT2D eigenvalue weighted by atomic mass is 9.99. The molecule has 0 radical (unpaired) electrons. The van der Waals surface area contributed by atoms with Gasteiger partial charge in [0.05, 0.1) is 27.1 Å². The second-order valence-corrected chi connectivity index (χ2v) is 13.7. The maximum Gasteiger partial charge on any atom is 0.160 e. The van der Waals surface area contributed by atoms with Crippen molar-refractivity contribution in [2.24, 2.45) is 0 Å². The summed E-state index contributed by atoms with van der Waals surface area (Å²) in [4.78, 5) is 20.8. The average Bonchev–Trinajstić information content (AvgIpc) is 3.59. The van der Waals surface area contributed by atoms with Crippen LogP contribution in [0.2, 0.25) is 0 Å².